The minimum absolute atomic E-state index is 0.256. The zero-order valence-electron chi connectivity index (χ0n) is 12.6. The Bertz CT molecular complexity index is 780. The van der Waals surface area contributed by atoms with Crippen molar-refractivity contribution < 1.29 is 19.1 Å². The number of carbonyl (C=O) groups is 2. The second-order valence-corrected chi connectivity index (χ2v) is 5.61. The first-order valence-corrected chi connectivity index (χ1v) is 7.68. The van der Waals surface area contributed by atoms with Crippen LogP contribution in [0.5, 0.6) is 11.5 Å². The van der Waals surface area contributed by atoms with Crippen LogP contribution in [0.1, 0.15) is 22.0 Å². The number of primary amides is 1. The summed E-state index contributed by atoms with van der Waals surface area (Å²) in [7, 11) is 0. The molecule has 1 heterocycles. The topological polar surface area (TPSA) is 90.7 Å². The number of halogens is 1. The average Bonchev–Trinajstić information content (AvgIpc) is 2.60. The molecule has 2 amide bonds. The highest BCUT2D eigenvalue weighted by Gasteiger charge is 2.23. The lowest BCUT2D eigenvalue weighted by atomic mass is 10.1. The van der Waals surface area contributed by atoms with Gasteiger partial charge in [-0.15, -0.1) is 0 Å². The standard InChI is InChI=1S/C17H15ClN2O4/c18-12-8-11(9-13-15(12)24-7-6-23-13)17(22)20-14(16(19)21)10-4-2-1-3-5-10/h1-5,8-9,14H,6-7H2,(H2,19,21)(H,20,22). The van der Waals surface area contributed by atoms with Gasteiger partial charge in [0.15, 0.2) is 11.5 Å². The molecular formula is C17H15ClN2O4. The van der Waals surface area contributed by atoms with Crippen LogP contribution in [-0.4, -0.2) is 25.0 Å². The van der Waals surface area contributed by atoms with Crippen molar-refractivity contribution in [3.8, 4) is 11.5 Å². The monoisotopic (exact) mass is 346 g/mol. The van der Waals surface area contributed by atoms with Crippen LogP contribution in [0.25, 0.3) is 0 Å². The van der Waals surface area contributed by atoms with Gasteiger partial charge in [0.05, 0.1) is 5.02 Å². The molecule has 0 aliphatic carbocycles. The van der Waals surface area contributed by atoms with Crippen LogP contribution in [0.3, 0.4) is 0 Å². The fourth-order valence-electron chi connectivity index (χ4n) is 2.42. The Kier molecular flexibility index (Phi) is 4.57. The van der Waals surface area contributed by atoms with E-state index < -0.39 is 17.9 Å². The Morgan fingerprint density at radius 1 is 1.12 bits per heavy atom. The van der Waals surface area contributed by atoms with Crippen molar-refractivity contribution in [2.24, 2.45) is 5.73 Å². The number of ether oxygens (including phenoxy) is 2. The summed E-state index contributed by atoms with van der Waals surface area (Å²) in [4.78, 5) is 24.2. The highest BCUT2D eigenvalue weighted by molar-refractivity contribution is 6.32. The first-order chi connectivity index (χ1) is 11.6. The fraction of sp³-hybridized carbons (Fsp3) is 0.176. The summed E-state index contributed by atoms with van der Waals surface area (Å²) < 4.78 is 10.9. The molecule has 0 saturated heterocycles. The van der Waals surface area contributed by atoms with E-state index in [0.717, 1.165) is 0 Å². The number of carbonyl (C=O) groups excluding carboxylic acids is 2. The Morgan fingerprint density at radius 2 is 1.83 bits per heavy atom. The normalized spacial score (nSPS) is 13.9. The van der Waals surface area contributed by atoms with Gasteiger partial charge in [0.25, 0.3) is 5.91 Å². The van der Waals surface area contributed by atoms with Gasteiger partial charge in [0, 0.05) is 5.56 Å². The number of nitrogens with two attached hydrogens (primary N) is 1. The second-order valence-electron chi connectivity index (χ2n) is 5.20. The lowest BCUT2D eigenvalue weighted by Gasteiger charge is -2.21. The van der Waals surface area contributed by atoms with Crippen LogP contribution in [-0.2, 0) is 4.79 Å². The Morgan fingerprint density at radius 3 is 2.54 bits per heavy atom. The van der Waals surface area contributed by atoms with Gasteiger partial charge in [-0.3, -0.25) is 9.59 Å². The van der Waals surface area contributed by atoms with Gasteiger partial charge in [0.1, 0.15) is 19.3 Å². The molecule has 6 nitrogen and oxygen atoms in total. The number of fused-ring (bicyclic) bond motifs is 1. The molecule has 1 aliphatic rings. The van der Waals surface area contributed by atoms with E-state index in [2.05, 4.69) is 5.32 Å². The van der Waals surface area contributed by atoms with Crippen LogP contribution in [0, 0.1) is 0 Å². The minimum atomic E-state index is -0.939. The lowest BCUT2D eigenvalue weighted by Crippen LogP contribution is -2.37. The van der Waals surface area contributed by atoms with E-state index in [-0.39, 0.29) is 10.6 Å². The Labute approximate surface area is 143 Å². The molecule has 1 atom stereocenters. The highest BCUT2D eigenvalue weighted by atomic mass is 35.5. The van der Waals surface area contributed by atoms with E-state index in [4.69, 9.17) is 26.8 Å². The summed E-state index contributed by atoms with van der Waals surface area (Å²) in [5.41, 5.74) is 6.27. The number of rotatable bonds is 4. The Hall–Kier alpha value is -2.73. The van der Waals surface area contributed by atoms with E-state index >= 15 is 0 Å². The van der Waals surface area contributed by atoms with Crippen LogP contribution < -0.4 is 20.5 Å². The van der Waals surface area contributed by atoms with E-state index in [0.29, 0.717) is 30.3 Å². The molecule has 0 fully saturated rings. The number of nitrogens with one attached hydrogen (secondary N) is 1. The number of benzene rings is 2. The molecule has 3 N–H and O–H groups in total. The largest absolute Gasteiger partial charge is 0.486 e. The molecule has 0 saturated carbocycles. The first-order valence-electron chi connectivity index (χ1n) is 7.30. The van der Waals surface area contributed by atoms with Gasteiger partial charge in [-0.25, -0.2) is 0 Å². The third-order valence-electron chi connectivity index (χ3n) is 3.55. The maximum atomic E-state index is 12.5. The molecule has 7 heteroatoms. The number of hydrogen-bond donors (Lipinski definition) is 2. The molecule has 1 aliphatic heterocycles. The van der Waals surface area contributed by atoms with E-state index in [1.807, 2.05) is 6.07 Å². The molecule has 2 aromatic rings. The van der Waals surface area contributed by atoms with Crippen molar-refractivity contribution in [3.63, 3.8) is 0 Å². The van der Waals surface area contributed by atoms with Gasteiger partial charge < -0.3 is 20.5 Å². The lowest BCUT2D eigenvalue weighted by molar-refractivity contribution is -0.120. The van der Waals surface area contributed by atoms with Crippen LogP contribution in [0.15, 0.2) is 42.5 Å². The molecule has 124 valence electrons. The van der Waals surface area contributed by atoms with Crippen molar-refractivity contribution in [2.45, 2.75) is 6.04 Å². The predicted molar refractivity (Wildman–Crippen MR) is 88.3 cm³/mol. The van der Waals surface area contributed by atoms with Gasteiger partial charge in [-0.2, -0.15) is 0 Å². The quantitative estimate of drug-likeness (QED) is 0.886. The molecule has 3 rings (SSSR count). The molecule has 0 radical (unpaired) electrons. The number of amides is 2. The zero-order valence-corrected chi connectivity index (χ0v) is 13.4. The van der Waals surface area contributed by atoms with Crippen LogP contribution in [0.4, 0.5) is 0 Å². The molecular weight excluding hydrogens is 332 g/mol. The number of hydrogen-bond acceptors (Lipinski definition) is 4. The molecule has 2 aromatic carbocycles. The van der Waals surface area contributed by atoms with Gasteiger partial charge in [-0.05, 0) is 17.7 Å². The van der Waals surface area contributed by atoms with Gasteiger partial charge in [0.2, 0.25) is 5.91 Å². The summed E-state index contributed by atoms with van der Waals surface area (Å²) in [6, 6.07) is 10.8. The second kappa shape index (κ2) is 6.80. The summed E-state index contributed by atoms with van der Waals surface area (Å²) >= 11 is 6.13. The van der Waals surface area contributed by atoms with Crippen molar-refractivity contribution in [2.75, 3.05) is 13.2 Å². The van der Waals surface area contributed by atoms with Crippen molar-refractivity contribution in [1.82, 2.24) is 5.32 Å². The third kappa shape index (κ3) is 3.28. The van der Waals surface area contributed by atoms with E-state index in [1.54, 1.807) is 24.3 Å². The van der Waals surface area contributed by atoms with Gasteiger partial charge in [-0.1, -0.05) is 41.9 Å². The SMILES string of the molecule is NC(=O)C(NC(=O)c1cc(Cl)c2c(c1)OCCO2)c1ccccc1. The van der Waals surface area contributed by atoms with E-state index in [1.165, 1.54) is 12.1 Å². The molecule has 1 unspecified atom stereocenters. The predicted octanol–water partition coefficient (Wildman–Crippen LogP) is 2.07. The molecule has 24 heavy (non-hydrogen) atoms. The third-order valence-corrected chi connectivity index (χ3v) is 3.83. The fourth-order valence-corrected chi connectivity index (χ4v) is 2.69. The smallest absolute Gasteiger partial charge is 0.252 e. The summed E-state index contributed by atoms with van der Waals surface area (Å²) in [5, 5.41) is 2.89. The molecule has 0 aromatic heterocycles. The van der Waals surface area contributed by atoms with Crippen molar-refractivity contribution in [3.05, 3.63) is 58.6 Å². The van der Waals surface area contributed by atoms with Crippen molar-refractivity contribution in [1.29, 1.82) is 0 Å². The maximum Gasteiger partial charge on any atom is 0.252 e. The Balaban J connectivity index is 1.86. The molecule has 0 spiro atoms. The highest BCUT2D eigenvalue weighted by Crippen LogP contribution is 2.38. The van der Waals surface area contributed by atoms with E-state index in [9.17, 15) is 9.59 Å². The van der Waals surface area contributed by atoms with Crippen molar-refractivity contribution >= 4 is 23.4 Å². The average molecular weight is 347 g/mol. The zero-order chi connectivity index (χ0) is 17.1. The van der Waals surface area contributed by atoms with Crippen LogP contribution in [0.2, 0.25) is 5.02 Å². The first kappa shape index (κ1) is 16.1. The van der Waals surface area contributed by atoms with Crippen LogP contribution >= 0.6 is 11.6 Å². The summed E-state index contributed by atoms with van der Waals surface area (Å²) in [6.07, 6.45) is 0. The maximum absolute atomic E-state index is 12.5. The minimum Gasteiger partial charge on any atom is -0.486 e. The molecule has 0 bridgehead atoms. The summed E-state index contributed by atoms with van der Waals surface area (Å²) in [6.45, 7) is 0.776. The van der Waals surface area contributed by atoms with Gasteiger partial charge >= 0.3 is 0 Å². The summed E-state index contributed by atoms with van der Waals surface area (Å²) in [5.74, 6) is -0.331.